The monoisotopic (exact) mass is 294 g/mol. The van der Waals surface area contributed by atoms with Crippen LogP contribution in [0.3, 0.4) is 0 Å². The molecule has 1 atom stereocenters. The minimum atomic E-state index is -0.186. The van der Waals surface area contributed by atoms with Crippen molar-refractivity contribution in [3.8, 4) is 0 Å². The summed E-state index contributed by atoms with van der Waals surface area (Å²) in [5, 5.41) is 0. The van der Waals surface area contributed by atoms with Crippen molar-refractivity contribution in [3.63, 3.8) is 0 Å². The molecule has 0 bridgehead atoms. The van der Waals surface area contributed by atoms with Crippen LogP contribution in [0.25, 0.3) is 0 Å². The molecule has 1 heterocycles. The molecule has 5 heteroatoms. The van der Waals surface area contributed by atoms with E-state index in [2.05, 4.69) is 35.7 Å². The zero-order chi connectivity index (χ0) is 15.5. The fourth-order valence-electron chi connectivity index (χ4n) is 3.44. The molecule has 1 aromatic rings. The lowest BCUT2D eigenvalue weighted by atomic mass is 9.68. The van der Waals surface area contributed by atoms with Gasteiger partial charge in [-0.2, -0.15) is 0 Å². The molecule has 0 spiro atoms. The number of aromatic nitrogens is 2. The fourth-order valence-corrected chi connectivity index (χ4v) is 3.44. The van der Waals surface area contributed by atoms with Crippen LogP contribution in [0.5, 0.6) is 0 Å². The number of rotatable bonds is 6. The van der Waals surface area contributed by atoms with Crippen LogP contribution in [0.15, 0.2) is 12.4 Å². The highest BCUT2D eigenvalue weighted by molar-refractivity contribution is 5.04. The van der Waals surface area contributed by atoms with E-state index in [0.29, 0.717) is 5.41 Å². The number of hydrogen-bond donors (Lipinski definition) is 2. The third-order valence-corrected chi connectivity index (χ3v) is 5.22. The van der Waals surface area contributed by atoms with Gasteiger partial charge in [0, 0.05) is 32.5 Å². The second-order valence-corrected chi connectivity index (χ2v) is 6.99. The van der Waals surface area contributed by atoms with Gasteiger partial charge in [-0.1, -0.05) is 13.8 Å². The lowest BCUT2D eigenvalue weighted by Crippen LogP contribution is -2.58. The number of hydrogen-bond acceptors (Lipinski definition) is 4. The third-order valence-electron chi connectivity index (χ3n) is 5.22. The van der Waals surface area contributed by atoms with E-state index in [1.165, 1.54) is 12.8 Å². The maximum atomic E-state index is 5.97. The van der Waals surface area contributed by atoms with Crippen LogP contribution in [0.1, 0.15) is 52.3 Å². The molecule has 5 nitrogen and oxygen atoms in total. The molecule has 21 heavy (non-hydrogen) atoms. The Labute approximate surface area is 128 Å². The fraction of sp³-hybridized carbons (Fsp3) is 0.812. The Morgan fingerprint density at radius 2 is 2.05 bits per heavy atom. The summed E-state index contributed by atoms with van der Waals surface area (Å²) < 4.78 is 8.14. The second-order valence-electron chi connectivity index (χ2n) is 6.99. The molecule has 1 aliphatic carbocycles. The molecule has 0 saturated heterocycles. The Hall–Kier alpha value is -0.910. The Kier molecular flexibility index (Phi) is 5.07. The van der Waals surface area contributed by atoms with Crippen molar-refractivity contribution < 1.29 is 4.74 Å². The van der Waals surface area contributed by atoms with Gasteiger partial charge in [-0.25, -0.2) is 4.98 Å². The first-order valence-electron chi connectivity index (χ1n) is 7.97. The molecule has 0 amide bonds. The number of hydrazine groups is 1. The molecule has 0 radical (unpaired) electrons. The molecule has 120 valence electrons. The average Bonchev–Trinajstić information content (AvgIpc) is 2.93. The van der Waals surface area contributed by atoms with Crippen molar-refractivity contribution >= 4 is 0 Å². The molecule has 1 fully saturated rings. The predicted molar refractivity (Wildman–Crippen MR) is 84.7 cm³/mol. The number of aryl methyl sites for hydroxylation is 1. The summed E-state index contributed by atoms with van der Waals surface area (Å²) in [6.07, 6.45) is 9.09. The van der Waals surface area contributed by atoms with E-state index in [-0.39, 0.29) is 11.6 Å². The van der Waals surface area contributed by atoms with Gasteiger partial charge in [-0.15, -0.1) is 0 Å². The molecule has 0 aliphatic heterocycles. The first kappa shape index (κ1) is 16.5. The van der Waals surface area contributed by atoms with Crippen molar-refractivity contribution in [2.75, 3.05) is 7.11 Å². The van der Waals surface area contributed by atoms with Crippen LogP contribution >= 0.6 is 0 Å². The van der Waals surface area contributed by atoms with Gasteiger partial charge in [0.1, 0.15) is 5.82 Å². The van der Waals surface area contributed by atoms with Crippen LogP contribution in [0.4, 0.5) is 0 Å². The third kappa shape index (κ3) is 3.47. The van der Waals surface area contributed by atoms with E-state index in [0.717, 1.165) is 31.6 Å². The van der Waals surface area contributed by atoms with Crippen LogP contribution in [-0.4, -0.2) is 28.3 Å². The Balaban J connectivity index is 2.15. The molecule has 0 aromatic carbocycles. The highest BCUT2D eigenvalue weighted by atomic mass is 16.5. The van der Waals surface area contributed by atoms with Crippen molar-refractivity contribution in [2.45, 2.75) is 71.1 Å². The summed E-state index contributed by atoms with van der Waals surface area (Å²) in [6, 6.07) is 0.0892. The maximum Gasteiger partial charge on any atom is 0.110 e. The van der Waals surface area contributed by atoms with Crippen molar-refractivity contribution in [2.24, 2.45) is 11.3 Å². The molecule has 1 aromatic heterocycles. The minimum absolute atomic E-state index is 0.0892. The summed E-state index contributed by atoms with van der Waals surface area (Å²) in [7, 11) is 1.81. The van der Waals surface area contributed by atoms with Crippen molar-refractivity contribution in [3.05, 3.63) is 18.2 Å². The van der Waals surface area contributed by atoms with Crippen LogP contribution in [0.2, 0.25) is 0 Å². The van der Waals surface area contributed by atoms with E-state index in [1.54, 1.807) is 0 Å². The Morgan fingerprint density at radius 1 is 1.38 bits per heavy atom. The molecule has 1 unspecified atom stereocenters. The Morgan fingerprint density at radius 3 is 2.57 bits per heavy atom. The lowest BCUT2D eigenvalue weighted by molar-refractivity contribution is -0.0866. The lowest BCUT2D eigenvalue weighted by Gasteiger charge is -2.46. The maximum absolute atomic E-state index is 5.97. The molecular weight excluding hydrogens is 264 g/mol. The van der Waals surface area contributed by atoms with Gasteiger partial charge in [-0.3, -0.25) is 11.3 Å². The van der Waals surface area contributed by atoms with Gasteiger partial charge < -0.3 is 9.30 Å². The van der Waals surface area contributed by atoms with Crippen molar-refractivity contribution in [1.82, 2.24) is 15.0 Å². The summed E-state index contributed by atoms with van der Waals surface area (Å²) in [5.41, 5.74) is 3.22. The summed E-state index contributed by atoms with van der Waals surface area (Å²) in [4.78, 5) is 4.48. The molecule has 3 N–H and O–H groups in total. The van der Waals surface area contributed by atoms with Crippen LogP contribution in [0, 0.1) is 5.41 Å². The smallest absolute Gasteiger partial charge is 0.110 e. The van der Waals surface area contributed by atoms with E-state index < -0.39 is 0 Å². The standard InChI is InChI=1S/C16H30N4O/c1-5-20-11-10-18-14(20)12-13(19-17)16(21-4)8-6-15(2,3)7-9-16/h10-11,13,19H,5-9,12,17H2,1-4H3. The van der Waals surface area contributed by atoms with Crippen molar-refractivity contribution in [1.29, 1.82) is 0 Å². The summed E-state index contributed by atoms with van der Waals surface area (Å²) >= 11 is 0. The zero-order valence-corrected chi connectivity index (χ0v) is 13.9. The van der Waals surface area contributed by atoms with Crippen LogP contribution < -0.4 is 11.3 Å². The summed E-state index contributed by atoms with van der Waals surface area (Å²) in [6.45, 7) is 7.73. The second kappa shape index (κ2) is 6.46. The molecule has 2 rings (SSSR count). The van der Waals surface area contributed by atoms with Gasteiger partial charge in [0.25, 0.3) is 0 Å². The number of nitrogens with two attached hydrogens (primary N) is 1. The summed E-state index contributed by atoms with van der Waals surface area (Å²) in [5.74, 6) is 6.94. The number of nitrogens with zero attached hydrogens (tertiary/aromatic N) is 2. The topological polar surface area (TPSA) is 65.1 Å². The predicted octanol–water partition coefficient (Wildman–Crippen LogP) is 2.26. The first-order valence-corrected chi connectivity index (χ1v) is 7.97. The van der Waals surface area contributed by atoms with Gasteiger partial charge >= 0.3 is 0 Å². The number of imidazole rings is 1. The molecule has 1 aliphatic rings. The van der Waals surface area contributed by atoms with Gasteiger partial charge in [-0.05, 0) is 38.0 Å². The van der Waals surface area contributed by atoms with E-state index in [1.807, 2.05) is 19.5 Å². The van der Waals surface area contributed by atoms with E-state index in [4.69, 9.17) is 10.6 Å². The van der Waals surface area contributed by atoms with Crippen LogP contribution in [-0.2, 0) is 17.7 Å². The normalized spacial score (nSPS) is 22.1. The Bertz CT molecular complexity index is 445. The van der Waals surface area contributed by atoms with E-state index >= 15 is 0 Å². The van der Waals surface area contributed by atoms with E-state index in [9.17, 15) is 0 Å². The largest absolute Gasteiger partial charge is 0.377 e. The number of methoxy groups -OCH3 is 1. The molecular formula is C16H30N4O. The first-order chi connectivity index (χ1) is 9.96. The quantitative estimate of drug-likeness (QED) is 0.624. The molecule has 1 saturated carbocycles. The number of ether oxygens (including phenoxy) is 1. The zero-order valence-electron chi connectivity index (χ0n) is 13.9. The highest BCUT2D eigenvalue weighted by Gasteiger charge is 2.44. The minimum Gasteiger partial charge on any atom is -0.377 e. The highest BCUT2D eigenvalue weighted by Crippen LogP contribution is 2.43. The average molecular weight is 294 g/mol. The SMILES string of the molecule is CCn1ccnc1CC(NN)C1(OC)CCC(C)(C)CC1. The van der Waals surface area contributed by atoms with Gasteiger partial charge in [0.15, 0.2) is 0 Å². The number of nitrogens with one attached hydrogen (secondary N) is 1. The van der Waals surface area contributed by atoms with Gasteiger partial charge in [0.05, 0.1) is 11.6 Å². The van der Waals surface area contributed by atoms with Gasteiger partial charge in [0.2, 0.25) is 0 Å².